The molecular weight excluding hydrogens is 214 g/mol. The predicted octanol–water partition coefficient (Wildman–Crippen LogP) is -1.99. The molecule has 5 N–H and O–H groups in total. The largest absolute Gasteiger partial charge is 0.328 e. The number of nitrogens with one attached hydrogen (secondary N) is 4. The molecule has 0 unspecified atom stereocenters. The molecule has 0 bridgehead atoms. The molecule has 0 spiro atoms. The van der Waals surface area contributed by atoms with Crippen molar-refractivity contribution in [3.05, 3.63) is 10.1 Å². The lowest BCUT2D eigenvalue weighted by Gasteiger charge is -2.11. The molecule has 1 rings (SSSR count). The van der Waals surface area contributed by atoms with Crippen LogP contribution in [-0.2, 0) is 0 Å². The van der Waals surface area contributed by atoms with Crippen LogP contribution in [0.25, 0.3) is 0 Å². The molecule has 16 heavy (non-hydrogen) atoms. The van der Waals surface area contributed by atoms with Crippen LogP contribution < -0.4 is 21.3 Å². The van der Waals surface area contributed by atoms with Gasteiger partial charge in [-0.15, -0.1) is 10.1 Å². The Morgan fingerprint density at radius 3 is 1.00 bits per heavy atom. The number of hydrogen-bond donors (Lipinski definition) is 5. The van der Waals surface area contributed by atoms with E-state index in [9.17, 15) is 0 Å². The van der Waals surface area contributed by atoms with Gasteiger partial charge < -0.3 is 26.5 Å². The summed E-state index contributed by atoms with van der Waals surface area (Å²) < 4.78 is 0. The number of hydrogen-bond acceptors (Lipinski definition) is 6. The Labute approximate surface area is 94.9 Å². The van der Waals surface area contributed by atoms with Gasteiger partial charge in [-0.2, -0.15) is 0 Å². The molecule has 0 aromatic carbocycles. The minimum absolute atomic E-state index is 1.07. The van der Waals surface area contributed by atoms with E-state index in [2.05, 4.69) is 21.3 Å². The highest BCUT2D eigenvalue weighted by molar-refractivity contribution is 4.59. The zero-order chi connectivity index (χ0) is 12.1. The summed E-state index contributed by atoms with van der Waals surface area (Å²) in [7, 11) is 0. The van der Waals surface area contributed by atoms with Gasteiger partial charge in [0, 0.05) is 52.4 Å². The first-order valence-electron chi connectivity index (χ1n) is 5.39. The van der Waals surface area contributed by atoms with Crippen molar-refractivity contribution in [3.8, 4) is 0 Å². The topological polar surface area (TPSA) is 111 Å². The molecule has 1 aliphatic rings. The maximum Gasteiger partial charge on any atom is 0.291 e. The van der Waals surface area contributed by atoms with E-state index >= 15 is 0 Å². The Balaban J connectivity index is 0.000000487. The lowest BCUT2D eigenvalue weighted by atomic mass is 10.4. The average molecular weight is 235 g/mol. The minimum atomic E-state index is -1.50. The molecule has 0 saturated carbocycles. The first-order chi connectivity index (χ1) is 7.73. The van der Waals surface area contributed by atoms with Gasteiger partial charge in [0.15, 0.2) is 0 Å². The van der Waals surface area contributed by atoms with E-state index in [1.165, 1.54) is 0 Å². The maximum absolute atomic E-state index is 8.36. The van der Waals surface area contributed by atoms with Gasteiger partial charge in [-0.25, -0.2) is 0 Å². The van der Waals surface area contributed by atoms with Crippen molar-refractivity contribution in [2.75, 3.05) is 52.4 Å². The summed E-state index contributed by atoms with van der Waals surface area (Å²) in [6.45, 7) is 8.57. The van der Waals surface area contributed by atoms with E-state index < -0.39 is 5.09 Å². The van der Waals surface area contributed by atoms with Crippen LogP contribution in [0.2, 0.25) is 0 Å². The molecule has 0 aromatic rings. The summed E-state index contributed by atoms with van der Waals surface area (Å²) in [5.74, 6) is 0. The van der Waals surface area contributed by atoms with Crippen LogP contribution in [0.3, 0.4) is 0 Å². The first kappa shape index (κ1) is 15.0. The van der Waals surface area contributed by atoms with Gasteiger partial charge in [0.1, 0.15) is 0 Å². The van der Waals surface area contributed by atoms with Crippen LogP contribution in [0.1, 0.15) is 0 Å². The summed E-state index contributed by atoms with van der Waals surface area (Å²) in [5, 5.41) is 27.1. The molecular formula is C8H21N5O3. The van der Waals surface area contributed by atoms with E-state index in [1.807, 2.05) is 0 Å². The predicted molar refractivity (Wildman–Crippen MR) is 60.3 cm³/mol. The summed E-state index contributed by atoms with van der Waals surface area (Å²) in [4.78, 5) is 8.36. The lowest BCUT2D eigenvalue weighted by molar-refractivity contribution is -0.742. The molecule has 8 heteroatoms. The third kappa shape index (κ3) is 15.5. The van der Waals surface area contributed by atoms with Crippen LogP contribution >= 0.6 is 0 Å². The van der Waals surface area contributed by atoms with E-state index in [0.29, 0.717) is 0 Å². The second-order valence-corrected chi connectivity index (χ2v) is 3.24. The summed E-state index contributed by atoms with van der Waals surface area (Å²) in [6.07, 6.45) is 0. The van der Waals surface area contributed by atoms with Gasteiger partial charge in [-0.3, -0.25) is 0 Å². The molecule has 0 amide bonds. The van der Waals surface area contributed by atoms with Gasteiger partial charge in [-0.05, 0) is 0 Å². The highest BCUT2D eigenvalue weighted by atomic mass is 16.9. The van der Waals surface area contributed by atoms with Crippen LogP contribution in [0.15, 0.2) is 0 Å². The van der Waals surface area contributed by atoms with Crippen molar-refractivity contribution in [1.82, 2.24) is 21.3 Å². The van der Waals surface area contributed by atoms with E-state index in [4.69, 9.17) is 15.3 Å². The molecule has 0 aromatic heterocycles. The molecule has 1 heterocycles. The van der Waals surface area contributed by atoms with Gasteiger partial charge in [0.2, 0.25) is 0 Å². The Bertz CT molecular complexity index is 123. The standard InChI is InChI=1S/C8H20N4.HNO3/c1-2-10-5-6-12-8-7-11-4-3-9-1;2-1(3)4/h9-12H,1-8H2;(H,2,3,4). The second kappa shape index (κ2) is 12.1. The molecule has 0 aliphatic carbocycles. The minimum Gasteiger partial charge on any atom is -0.328 e. The monoisotopic (exact) mass is 235 g/mol. The summed E-state index contributed by atoms with van der Waals surface area (Å²) >= 11 is 0. The van der Waals surface area contributed by atoms with Crippen molar-refractivity contribution in [3.63, 3.8) is 0 Å². The molecule has 8 nitrogen and oxygen atoms in total. The van der Waals surface area contributed by atoms with Crippen LogP contribution in [0.4, 0.5) is 0 Å². The van der Waals surface area contributed by atoms with Crippen molar-refractivity contribution >= 4 is 0 Å². The molecule has 1 aliphatic heterocycles. The average Bonchev–Trinajstić information content (AvgIpc) is 2.17. The van der Waals surface area contributed by atoms with E-state index in [1.54, 1.807) is 0 Å². The zero-order valence-corrected chi connectivity index (χ0v) is 9.37. The Kier molecular flexibility index (Phi) is 11.4. The zero-order valence-electron chi connectivity index (χ0n) is 9.37. The van der Waals surface area contributed by atoms with Gasteiger partial charge in [0.05, 0.1) is 0 Å². The van der Waals surface area contributed by atoms with Crippen LogP contribution in [0.5, 0.6) is 0 Å². The van der Waals surface area contributed by atoms with Gasteiger partial charge in [0.25, 0.3) is 5.09 Å². The highest BCUT2D eigenvalue weighted by Gasteiger charge is 1.92. The van der Waals surface area contributed by atoms with Crippen molar-refractivity contribution in [2.45, 2.75) is 0 Å². The fourth-order valence-electron chi connectivity index (χ4n) is 1.21. The van der Waals surface area contributed by atoms with Crippen LogP contribution in [-0.4, -0.2) is 62.7 Å². The highest BCUT2D eigenvalue weighted by Crippen LogP contribution is 1.65. The molecule has 0 radical (unpaired) electrons. The normalized spacial score (nSPS) is 19.5. The summed E-state index contributed by atoms with van der Waals surface area (Å²) in [5.41, 5.74) is 0. The maximum atomic E-state index is 8.36. The van der Waals surface area contributed by atoms with Gasteiger partial charge >= 0.3 is 0 Å². The fourth-order valence-corrected chi connectivity index (χ4v) is 1.21. The van der Waals surface area contributed by atoms with Crippen molar-refractivity contribution in [2.24, 2.45) is 0 Å². The first-order valence-corrected chi connectivity index (χ1v) is 5.39. The smallest absolute Gasteiger partial charge is 0.291 e. The Morgan fingerprint density at radius 2 is 0.875 bits per heavy atom. The summed E-state index contributed by atoms with van der Waals surface area (Å²) in [6, 6.07) is 0. The number of rotatable bonds is 0. The molecule has 0 atom stereocenters. The SMILES string of the molecule is C1CNCCNCCNCCN1.O=[N+]([O-])O. The fraction of sp³-hybridized carbons (Fsp3) is 1.00. The van der Waals surface area contributed by atoms with Crippen LogP contribution in [0, 0.1) is 10.1 Å². The van der Waals surface area contributed by atoms with E-state index in [0.717, 1.165) is 52.4 Å². The van der Waals surface area contributed by atoms with Crippen molar-refractivity contribution in [1.29, 1.82) is 0 Å². The Hall–Kier alpha value is -0.960. The third-order valence-corrected chi connectivity index (χ3v) is 1.91. The molecule has 1 fully saturated rings. The molecule has 1 saturated heterocycles. The second-order valence-electron chi connectivity index (χ2n) is 3.24. The van der Waals surface area contributed by atoms with Gasteiger partial charge in [-0.1, -0.05) is 0 Å². The lowest BCUT2D eigenvalue weighted by Crippen LogP contribution is -2.39. The van der Waals surface area contributed by atoms with E-state index in [-0.39, 0.29) is 0 Å². The Morgan fingerprint density at radius 1 is 0.750 bits per heavy atom. The van der Waals surface area contributed by atoms with Crippen molar-refractivity contribution < 1.29 is 10.3 Å². The molecule has 96 valence electrons. The quantitative estimate of drug-likeness (QED) is 0.244. The third-order valence-electron chi connectivity index (χ3n) is 1.91. The number of nitrogens with zero attached hydrogens (tertiary/aromatic N) is 1.